The van der Waals surface area contributed by atoms with Gasteiger partial charge in [0.1, 0.15) is 6.04 Å². The third-order valence-electron chi connectivity index (χ3n) is 1.95. The Bertz CT molecular complexity index is 290. The minimum Gasteiger partial charge on any atom is -0.481 e. The zero-order valence-electron chi connectivity index (χ0n) is 7.98. The molecule has 1 atom stereocenters. The van der Waals surface area contributed by atoms with Crippen LogP contribution in [0.4, 0.5) is 0 Å². The van der Waals surface area contributed by atoms with Crippen LogP contribution >= 0.6 is 12.2 Å². The molecule has 6 heteroatoms. The van der Waals surface area contributed by atoms with Crippen LogP contribution in [0.3, 0.4) is 0 Å². The first-order valence-electron chi connectivity index (χ1n) is 4.29. The smallest absolute Gasteiger partial charge is 0.305 e. The first-order valence-corrected chi connectivity index (χ1v) is 4.69. The van der Waals surface area contributed by atoms with E-state index in [9.17, 15) is 9.59 Å². The summed E-state index contributed by atoms with van der Waals surface area (Å²) in [6.07, 6.45) is -0.234. The van der Waals surface area contributed by atoms with Gasteiger partial charge >= 0.3 is 5.97 Å². The second kappa shape index (κ2) is 3.91. The Labute approximate surface area is 87.1 Å². The summed E-state index contributed by atoms with van der Waals surface area (Å²) in [6.45, 7) is 3.66. The number of nitrogens with zero attached hydrogens (tertiary/aromatic N) is 1. The molecule has 5 nitrogen and oxygen atoms in total. The normalized spacial score (nSPS) is 21.6. The molecule has 1 amide bonds. The molecule has 0 aromatic rings. The maximum absolute atomic E-state index is 11.6. The van der Waals surface area contributed by atoms with E-state index in [1.165, 1.54) is 4.90 Å². The standard InChI is InChI=1S/C8H12N2O3S/c1-4(2)10-7(13)5(3-6(11)12)9-8(10)14/h4-5H,3H2,1-2H3,(H,9,14)(H,11,12)/t5-/m1/s1. The van der Waals surface area contributed by atoms with Crippen molar-refractivity contribution in [3.05, 3.63) is 0 Å². The molecule has 2 N–H and O–H groups in total. The van der Waals surface area contributed by atoms with Gasteiger partial charge in [0.2, 0.25) is 0 Å². The van der Waals surface area contributed by atoms with Crippen LogP contribution in [0.25, 0.3) is 0 Å². The third-order valence-corrected chi connectivity index (χ3v) is 2.26. The highest BCUT2D eigenvalue weighted by atomic mass is 32.1. The fraction of sp³-hybridized carbons (Fsp3) is 0.625. The number of hydrogen-bond acceptors (Lipinski definition) is 3. The van der Waals surface area contributed by atoms with Crippen LogP contribution in [0.15, 0.2) is 0 Å². The lowest BCUT2D eigenvalue weighted by atomic mass is 10.2. The average molecular weight is 216 g/mol. The largest absolute Gasteiger partial charge is 0.481 e. The summed E-state index contributed by atoms with van der Waals surface area (Å²) in [6, 6.07) is -0.747. The third kappa shape index (κ3) is 2.01. The van der Waals surface area contributed by atoms with Crippen LogP contribution in [-0.2, 0) is 9.59 Å². The Balaban J connectivity index is 2.74. The molecule has 0 unspecified atom stereocenters. The Morgan fingerprint density at radius 1 is 1.71 bits per heavy atom. The highest BCUT2D eigenvalue weighted by Crippen LogP contribution is 2.12. The van der Waals surface area contributed by atoms with E-state index in [1.807, 2.05) is 13.8 Å². The molecular weight excluding hydrogens is 204 g/mol. The molecule has 0 saturated carbocycles. The summed E-state index contributed by atoms with van der Waals surface area (Å²) >= 11 is 4.92. The average Bonchev–Trinajstić information content (AvgIpc) is 2.25. The van der Waals surface area contributed by atoms with E-state index in [-0.39, 0.29) is 18.4 Å². The monoisotopic (exact) mass is 216 g/mol. The SMILES string of the molecule is CC(C)N1C(=O)[C@@H](CC(=O)O)NC1=S. The summed E-state index contributed by atoms with van der Waals surface area (Å²) in [5.41, 5.74) is 0. The van der Waals surface area contributed by atoms with Crippen LogP contribution in [0.2, 0.25) is 0 Å². The summed E-state index contributed by atoms with van der Waals surface area (Å²) in [4.78, 5) is 23.4. The number of amides is 1. The van der Waals surface area contributed by atoms with Gasteiger partial charge in [-0.25, -0.2) is 0 Å². The van der Waals surface area contributed by atoms with Gasteiger partial charge in [0.15, 0.2) is 5.11 Å². The Kier molecular flexibility index (Phi) is 3.05. The number of rotatable bonds is 3. The van der Waals surface area contributed by atoms with Crippen LogP contribution < -0.4 is 5.32 Å². The molecule has 1 rings (SSSR count). The molecule has 78 valence electrons. The number of carboxylic acid groups (broad SMARTS) is 1. The lowest BCUT2D eigenvalue weighted by Gasteiger charge is -2.18. The van der Waals surface area contributed by atoms with Crippen LogP contribution in [-0.4, -0.2) is 39.1 Å². The Morgan fingerprint density at radius 3 is 2.64 bits per heavy atom. The molecule has 0 aromatic heterocycles. The fourth-order valence-corrected chi connectivity index (χ4v) is 1.79. The fourth-order valence-electron chi connectivity index (χ4n) is 1.35. The van der Waals surface area contributed by atoms with E-state index in [0.29, 0.717) is 5.11 Å². The van der Waals surface area contributed by atoms with Gasteiger partial charge in [-0.05, 0) is 26.1 Å². The molecule has 0 radical (unpaired) electrons. The van der Waals surface area contributed by atoms with Gasteiger partial charge in [-0.15, -0.1) is 0 Å². The summed E-state index contributed by atoms with van der Waals surface area (Å²) in [5, 5.41) is 11.6. The van der Waals surface area contributed by atoms with Crippen molar-refractivity contribution in [2.24, 2.45) is 0 Å². The van der Waals surface area contributed by atoms with Crippen molar-refractivity contribution < 1.29 is 14.7 Å². The minimum atomic E-state index is -1.01. The van der Waals surface area contributed by atoms with Crippen LogP contribution in [0, 0.1) is 0 Å². The van der Waals surface area contributed by atoms with E-state index >= 15 is 0 Å². The van der Waals surface area contributed by atoms with Crippen molar-refractivity contribution in [3.8, 4) is 0 Å². The number of carbonyl (C=O) groups is 2. The predicted molar refractivity (Wildman–Crippen MR) is 53.8 cm³/mol. The maximum Gasteiger partial charge on any atom is 0.305 e. The highest BCUT2D eigenvalue weighted by molar-refractivity contribution is 7.80. The van der Waals surface area contributed by atoms with E-state index in [0.717, 1.165) is 0 Å². The molecule has 0 aliphatic carbocycles. The predicted octanol–water partition coefficient (Wildman–Crippen LogP) is -0.0452. The van der Waals surface area contributed by atoms with Crippen molar-refractivity contribution in [2.75, 3.05) is 0 Å². The molecule has 1 aliphatic rings. The molecule has 1 fully saturated rings. The minimum absolute atomic E-state index is 0.0405. The number of hydrogen-bond donors (Lipinski definition) is 2. The highest BCUT2D eigenvalue weighted by Gasteiger charge is 2.37. The molecule has 1 aliphatic heterocycles. The molecular formula is C8H12N2O3S. The van der Waals surface area contributed by atoms with Gasteiger partial charge in [-0.1, -0.05) is 0 Å². The molecule has 0 bridgehead atoms. The molecule has 1 saturated heterocycles. The first kappa shape index (κ1) is 10.9. The molecule has 0 aromatic carbocycles. The topological polar surface area (TPSA) is 69.6 Å². The Hall–Kier alpha value is -1.17. The number of aliphatic carboxylic acids is 1. The van der Waals surface area contributed by atoms with Gasteiger partial charge in [0, 0.05) is 6.04 Å². The van der Waals surface area contributed by atoms with Gasteiger partial charge in [0.25, 0.3) is 5.91 Å². The van der Waals surface area contributed by atoms with Crippen molar-refractivity contribution in [3.63, 3.8) is 0 Å². The van der Waals surface area contributed by atoms with Crippen molar-refractivity contribution in [1.82, 2.24) is 10.2 Å². The van der Waals surface area contributed by atoms with Gasteiger partial charge in [0.05, 0.1) is 6.42 Å². The van der Waals surface area contributed by atoms with Gasteiger partial charge in [-0.2, -0.15) is 0 Å². The zero-order valence-corrected chi connectivity index (χ0v) is 8.80. The summed E-state index contributed by atoms with van der Waals surface area (Å²) in [7, 11) is 0. The number of carboxylic acids is 1. The number of thiocarbonyl (C=S) groups is 1. The van der Waals surface area contributed by atoms with Crippen LogP contribution in [0.1, 0.15) is 20.3 Å². The van der Waals surface area contributed by atoms with E-state index in [1.54, 1.807) is 0 Å². The van der Waals surface area contributed by atoms with E-state index in [4.69, 9.17) is 17.3 Å². The summed E-state index contributed by atoms with van der Waals surface area (Å²) in [5.74, 6) is -1.27. The van der Waals surface area contributed by atoms with Gasteiger partial charge in [-0.3, -0.25) is 14.5 Å². The van der Waals surface area contributed by atoms with Crippen molar-refractivity contribution >= 4 is 29.2 Å². The van der Waals surface area contributed by atoms with Crippen molar-refractivity contribution in [1.29, 1.82) is 0 Å². The maximum atomic E-state index is 11.6. The van der Waals surface area contributed by atoms with Crippen molar-refractivity contribution in [2.45, 2.75) is 32.4 Å². The second-order valence-electron chi connectivity index (χ2n) is 3.40. The quantitative estimate of drug-likeness (QED) is 0.648. The van der Waals surface area contributed by atoms with E-state index in [2.05, 4.69) is 5.32 Å². The summed E-state index contributed by atoms with van der Waals surface area (Å²) < 4.78 is 0. The van der Waals surface area contributed by atoms with Gasteiger partial charge < -0.3 is 10.4 Å². The lowest BCUT2D eigenvalue weighted by Crippen LogP contribution is -2.37. The second-order valence-corrected chi connectivity index (χ2v) is 3.79. The van der Waals surface area contributed by atoms with Crippen LogP contribution in [0.5, 0.6) is 0 Å². The zero-order chi connectivity index (χ0) is 10.9. The number of carbonyl (C=O) groups excluding carboxylic acids is 1. The number of nitrogens with one attached hydrogen (secondary N) is 1. The lowest BCUT2D eigenvalue weighted by molar-refractivity contribution is -0.140. The van der Waals surface area contributed by atoms with E-state index < -0.39 is 12.0 Å². The first-order chi connectivity index (χ1) is 6.43. The molecule has 1 heterocycles. The Morgan fingerprint density at radius 2 is 2.29 bits per heavy atom. The molecule has 14 heavy (non-hydrogen) atoms. The molecule has 0 spiro atoms.